The van der Waals surface area contributed by atoms with Crippen molar-refractivity contribution in [3.05, 3.63) is 23.8 Å². The molecule has 4 aliphatic carbocycles. The van der Waals surface area contributed by atoms with Gasteiger partial charge in [0.25, 0.3) is 0 Å². The molecule has 7 heteroatoms. The number of ether oxygens (including phenoxy) is 3. The lowest BCUT2D eigenvalue weighted by atomic mass is 9.47. The Bertz CT molecular complexity index is 1080. The molecule has 0 aromatic heterocycles. The molecule has 1 heterocycles. The first-order valence-electron chi connectivity index (χ1n) is 19.9. The van der Waals surface area contributed by atoms with Crippen molar-refractivity contribution in [3.63, 3.8) is 0 Å². The lowest BCUT2D eigenvalue weighted by Crippen LogP contribution is -2.57. The topological polar surface area (TPSA) is 88.4 Å². The minimum atomic E-state index is -1.17. The van der Waals surface area contributed by atoms with E-state index in [1.165, 1.54) is 51.4 Å². The molecule has 3 N–H and O–H groups in total. The summed E-state index contributed by atoms with van der Waals surface area (Å²) in [4.78, 5) is 0. The molecule has 0 radical (unpaired) electrons. The molecule has 276 valence electrons. The lowest BCUT2D eigenvalue weighted by Gasteiger charge is -2.58. The van der Waals surface area contributed by atoms with Crippen LogP contribution in [0.5, 0.6) is 0 Å². The van der Waals surface area contributed by atoms with Crippen LogP contribution in [0.25, 0.3) is 0 Å². The largest absolute Gasteiger partial charge is 0.394 e. The summed E-state index contributed by atoms with van der Waals surface area (Å²) in [5.41, 5.74) is 1.88. The Morgan fingerprint density at radius 2 is 1.67 bits per heavy atom. The van der Waals surface area contributed by atoms with Gasteiger partial charge in [-0.05, 0) is 123 Å². The van der Waals surface area contributed by atoms with Crippen molar-refractivity contribution in [2.45, 2.75) is 161 Å². The normalized spacial score (nSPS) is 42.7. The third-order valence-corrected chi connectivity index (χ3v) is 14.7. The van der Waals surface area contributed by atoms with Crippen molar-refractivity contribution in [2.24, 2.45) is 52.3 Å². The molecular weight excluding hydrogens is 621 g/mol. The Hall–Kier alpha value is -0.410. The fraction of sp³-hybridized carbons (Fsp3) is 0.902. The number of hydrogen-bond donors (Lipinski definition) is 4. The highest BCUT2D eigenvalue weighted by atomic mass is 32.1. The third-order valence-electron chi connectivity index (χ3n) is 14.3. The molecule has 6 nitrogen and oxygen atoms in total. The first kappa shape index (κ1) is 38.8. The second-order valence-electron chi connectivity index (χ2n) is 17.3. The van der Waals surface area contributed by atoms with Crippen molar-refractivity contribution in [2.75, 3.05) is 19.8 Å². The Balaban J connectivity index is 1.04. The van der Waals surface area contributed by atoms with Gasteiger partial charge in [0.1, 0.15) is 29.9 Å². The van der Waals surface area contributed by atoms with Crippen LogP contribution in [0.2, 0.25) is 0 Å². The smallest absolute Gasteiger partial charge is 0.129 e. The molecule has 0 amide bonds. The van der Waals surface area contributed by atoms with Crippen molar-refractivity contribution in [1.29, 1.82) is 0 Å². The Labute approximate surface area is 298 Å². The number of aliphatic hydroxyl groups is 3. The number of unbranched alkanes of at least 4 members (excludes halogenated alkanes) is 3. The van der Waals surface area contributed by atoms with Crippen LogP contribution in [0.4, 0.5) is 0 Å². The lowest BCUT2D eigenvalue weighted by molar-refractivity contribution is -0.218. The summed E-state index contributed by atoms with van der Waals surface area (Å²) in [7, 11) is 0. The highest BCUT2D eigenvalue weighted by Gasteiger charge is 2.59. The number of hydrogen-bond acceptors (Lipinski definition) is 7. The number of thiol groups is 1. The van der Waals surface area contributed by atoms with E-state index in [4.69, 9.17) is 14.2 Å². The summed E-state index contributed by atoms with van der Waals surface area (Å²) in [6, 6.07) is 0. The summed E-state index contributed by atoms with van der Waals surface area (Å²) >= 11 is 4.34. The Morgan fingerprint density at radius 1 is 0.938 bits per heavy atom. The summed E-state index contributed by atoms with van der Waals surface area (Å²) < 4.78 is 17.8. The standard InChI is InChI=1S/C41H70O6S/c1-7-28(26(2)3)13-12-27(4)32-16-17-33-31-15-14-29-24-30(18-20-40(29,5)34(31)19-21-41(32,33)6)45-22-10-8-9-11-23-46-38-37(44)36(43)35(25-42)47-39(38)48/h12-14,26-28,30-39,42-44,48H,7-11,15-25H2,1-6H3/b13-12+/t27-,28-,30?,31+,32-,33+,34+,35-,36-,37+,38+,39+,40+,41-/m1/s1. The van der Waals surface area contributed by atoms with E-state index in [-0.39, 0.29) is 6.61 Å². The van der Waals surface area contributed by atoms with Crippen molar-refractivity contribution in [1.82, 2.24) is 0 Å². The number of rotatable bonds is 15. The molecule has 0 aromatic carbocycles. The molecule has 1 unspecified atom stereocenters. The van der Waals surface area contributed by atoms with Gasteiger partial charge in [-0.15, -0.1) is 12.6 Å². The fourth-order valence-corrected chi connectivity index (χ4v) is 11.7. The van der Waals surface area contributed by atoms with E-state index in [0.29, 0.717) is 35.4 Å². The van der Waals surface area contributed by atoms with Gasteiger partial charge in [-0.2, -0.15) is 0 Å². The van der Waals surface area contributed by atoms with Crippen LogP contribution in [0.15, 0.2) is 23.8 Å². The number of aliphatic hydroxyl groups excluding tert-OH is 3. The van der Waals surface area contributed by atoms with E-state index in [9.17, 15) is 15.3 Å². The van der Waals surface area contributed by atoms with E-state index in [1.54, 1.807) is 5.57 Å². The monoisotopic (exact) mass is 690 g/mol. The quantitative estimate of drug-likeness (QED) is 0.0789. The van der Waals surface area contributed by atoms with E-state index in [1.807, 2.05) is 0 Å². The second-order valence-corrected chi connectivity index (χ2v) is 17.8. The van der Waals surface area contributed by atoms with Gasteiger partial charge in [-0.3, -0.25) is 0 Å². The zero-order chi connectivity index (χ0) is 34.6. The first-order valence-corrected chi connectivity index (χ1v) is 20.4. The van der Waals surface area contributed by atoms with E-state index in [0.717, 1.165) is 68.3 Å². The highest BCUT2D eigenvalue weighted by molar-refractivity contribution is 7.80. The molecule has 14 atom stereocenters. The summed E-state index contributed by atoms with van der Waals surface area (Å²) in [6.45, 7) is 15.8. The van der Waals surface area contributed by atoms with Crippen molar-refractivity contribution in [3.8, 4) is 0 Å². The van der Waals surface area contributed by atoms with Gasteiger partial charge in [0, 0.05) is 13.2 Å². The van der Waals surface area contributed by atoms with Crippen molar-refractivity contribution < 1.29 is 29.5 Å². The highest BCUT2D eigenvalue weighted by Crippen LogP contribution is 2.67. The molecule has 1 aliphatic heterocycles. The maximum absolute atomic E-state index is 10.3. The second kappa shape index (κ2) is 16.9. The van der Waals surface area contributed by atoms with Crippen LogP contribution in [-0.4, -0.2) is 71.1 Å². The van der Waals surface area contributed by atoms with Gasteiger partial charge in [-0.1, -0.05) is 78.2 Å². The SMILES string of the molecule is CC[C@H](/C=C/[C@@H](C)[C@H]1CC[C@H]2[C@@H]3CC=C4CC(OCCCCCCO[C@H]5[C@@H](O)[C@H](O)[C@@H](CO)O[C@H]5S)CC[C@]4(C)[C@H]3CC[C@]12C)C(C)C. The zero-order valence-corrected chi connectivity index (χ0v) is 32.0. The van der Waals surface area contributed by atoms with Gasteiger partial charge in [0.15, 0.2) is 0 Å². The summed E-state index contributed by atoms with van der Waals surface area (Å²) in [5.74, 6) is 5.51. The average Bonchev–Trinajstić information content (AvgIpc) is 3.42. The molecule has 4 fully saturated rings. The molecule has 0 spiro atoms. The maximum Gasteiger partial charge on any atom is 0.129 e. The van der Waals surface area contributed by atoms with Gasteiger partial charge < -0.3 is 29.5 Å². The third kappa shape index (κ3) is 8.13. The zero-order valence-electron chi connectivity index (χ0n) is 31.1. The minimum Gasteiger partial charge on any atom is -0.394 e. The molecule has 1 saturated heterocycles. The maximum atomic E-state index is 10.3. The number of allylic oxidation sites excluding steroid dienone is 3. The van der Waals surface area contributed by atoms with Crippen LogP contribution in [-0.2, 0) is 14.2 Å². The van der Waals surface area contributed by atoms with Crippen LogP contribution in [0.1, 0.15) is 125 Å². The molecule has 0 aromatic rings. The number of fused-ring (bicyclic) bond motifs is 5. The van der Waals surface area contributed by atoms with E-state index < -0.39 is 29.9 Å². The van der Waals surface area contributed by atoms with E-state index in [2.05, 4.69) is 72.4 Å². The van der Waals surface area contributed by atoms with Gasteiger partial charge in [0.05, 0.1) is 12.7 Å². The predicted octanol–water partition coefficient (Wildman–Crippen LogP) is 8.14. The molecule has 0 bridgehead atoms. The minimum absolute atomic E-state index is 0.355. The molecule has 5 rings (SSSR count). The first-order chi connectivity index (χ1) is 22.9. The van der Waals surface area contributed by atoms with Crippen LogP contribution >= 0.6 is 12.6 Å². The van der Waals surface area contributed by atoms with Crippen LogP contribution in [0.3, 0.4) is 0 Å². The van der Waals surface area contributed by atoms with E-state index >= 15 is 0 Å². The van der Waals surface area contributed by atoms with Gasteiger partial charge in [0.2, 0.25) is 0 Å². The molecular formula is C41H70O6S. The van der Waals surface area contributed by atoms with Crippen molar-refractivity contribution >= 4 is 12.6 Å². The Morgan fingerprint density at radius 3 is 2.35 bits per heavy atom. The van der Waals surface area contributed by atoms with Gasteiger partial charge >= 0.3 is 0 Å². The van der Waals surface area contributed by atoms with Crippen LogP contribution < -0.4 is 0 Å². The predicted molar refractivity (Wildman–Crippen MR) is 197 cm³/mol. The molecule has 5 aliphatic rings. The summed E-state index contributed by atoms with van der Waals surface area (Å²) in [6.07, 6.45) is 20.2. The van der Waals surface area contributed by atoms with Crippen LogP contribution in [0, 0.1) is 52.3 Å². The van der Waals surface area contributed by atoms with Gasteiger partial charge in [-0.25, -0.2) is 0 Å². The molecule has 48 heavy (non-hydrogen) atoms. The fourth-order valence-electron chi connectivity index (χ4n) is 11.2. The molecule has 3 saturated carbocycles. The Kier molecular flexibility index (Phi) is 13.7. The average molecular weight is 691 g/mol. The summed E-state index contributed by atoms with van der Waals surface area (Å²) in [5, 5.41) is 29.7.